The molecule has 4 heterocycles. The fraction of sp³-hybridized carbons (Fsp3) is 1.00. The summed E-state index contributed by atoms with van der Waals surface area (Å²) >= 11 is 0. The van der Waals surface area contributed by atoms with Gasteiger partial charge in [-0.3, -0.25) is 0 Å². The smallest absolute Gasteiger partial charge is 0.0733 e. The number of hydrogen-bond donors (Lipinski definition) is 1. The topological polar surface area (TPSA) is 24.5 Å². The third kappa shape index (κ3) is 1.92. The lowest BCUT2D eigenvalue weighted by Crippen LogP contribution is -2.50. The maximum absolute atomic E-state index is 5.94. The van der Waals surface area contributed by atoms with Crippen molar-refractivity contribution in [3.05, 3.63) is 0 Å². The molecule has 3 nitrogen and oxygen atoms in total. The van der Waals surface area contributed by atoms with Crippen LogP contribution in [0, 0.1) is 0 Å². The average Bonchev–Trinajstić information content (AvgIpc) is 3.03. The number of ether oxygens (including phenoxy) is 1. The van der Waals surface area contributed by atoms with Gasteiger partial charge in [-0.2, -0.15) is 0 Å². The molecule has 0 saturated carbocycles. The molecule has 3 heteroatoms. The van der Waals surface area contributed by atoms with Crippen molar-refractivity contribution in [2.75, 3.05) is 13.1 Å². The zero-order valence-corrected chi connectivity index (χ0v) is 10.6. The lowest BCUT2D eigenvalue weighted by atomic mass is 9.92. The fourth-order valence-corrected chi connectivity index (χ4v) is 4.49. The Morgan fingerprint density at radius 2 is 2.00 bits per heavy atom. The molecule has 0 radical (unpaired) electrons. The number of nitrogens with one attached hydrogen (secondary N) is 1. The normalized spacial score (nSPS) is 49.8. The van der Waals surface area contributed by atoms with Crippen LogP contribution in [0.25, 0.3) is 0 Å². The molecule has 4 aliphatic heterocycles. The first kappa shape index (κ1) is 10.8. The predicted molar refractivity (Wildman–Crippen MR) is 67.1 cm³/mol. The van der Waals surface area contributed by atoms with Crippen molar-refractivity contribution in [3.63, 3.8) is 0 Å². The van der Waals surface area contributed by atoms with Gasteiger partial charge >= 0.3 is 0 Å². The van der Waals surface area contributed by atoms with Crippen molar-refractivity contribution in [2.45, 2.75) is 75.3 Å². The Hall–Kier alpha value is -0.120. The summed E-state index contributed by atoms with van der Waals surface area (Å²) in [7, 11) is 0. The third-order valence-corrected chi connectivity index (χ3v) is 5.38. The standard InChI is InChI=1S/C14H24N2O/c1-2-11-8-10(5-7-16(11)6-1)15-13-9-12-3-4-14(13)17-12/h10-15H,1-9H2. The van der Waals surface area contributed by atoms with Crippen LogP contribution in [0.2, 0.25) is 0 Å². The van der Waals surface area contributed by atoms with E-state index >= 15 is 0 Å². The van der Waals surface area contributed by atoms with Gasteiger partial charge in [-0.05, 0) is 58.0 Å². The second kappa shape index (κ2) is 4.22. The van der Waals surface area contributed by atoms with Crippen molar-refractivity contribution in [1.29, 1.82) is 0 Å². The van der Waals surface area contributed by atoms with E-state index in [2.05, 4.69) is 10.2 Å². The molecule has 0 spiro atoms. The minimum Gasteiger partial charge on any atom is -0.373 e. The van der Waals surface area contributed by atoms with Gasteiger partial charge in [0.25, 0.3) is 0 Å². The minimum absolute atomic E-state index is 0.543. The van der Waals surface area contributed by atoms with Gasteiger partial charge in [-0.1, -0.05) is 0 Å². The Morgan fingerprint density at radius 1 is 1.00 bits per heavy atom. The Morgan fingerprint density at radius 3 is 2.82 bits per heavy atom. The van der Waals surface area contributed by atoms with Crippen molar-refractivity contribution in [1.82, 2.24) is 10.2 Å². The number of fused-ring (bicyclic) bond motifs is 3. The van der Waals surface area contributed by atoms with E-state index in [1.54, 1.807) is 0 Å². The SMILES string of the molecule is C1CC2CC(NC3CC4CCC3O4)CCN2C1. The molecular weight excluding hydrogens is 212 g/mol. The van der Waals surface area contributed by atoms with Crippen molar-refractivity contribution >= 4 is 0 Å². The molecule has 0 aromatic heterocycles. The van der Waals surface area contributed by atoms with E-state index in [-0.39, 0.29) is 0 Å². The van der Waals surface area contributed by atoms with Crippen molar-refractivity contribution < 1.29 is 4.74 Å². The van der Waals surface area contributed by atoms with Gasteiger partial charge in [0, 0.05) is 18.1 Å². The molecule has 5 unspecified atom stereocenters. The number of hydrogen-bond acceptors (Lipinski definition) is 3. The van der Waals surface area contributed by atoms with Crippen LogP contribution in [-0.4, -0.2) is 48.3 Å². The Balaban J connectivity index is 1.34. The lowest BCUT2D eigenvalue weighted by Gasteiger charge is -2.37. The van der Waals surface area contributed by atoms with Crippen LogP contribution in [-0.2, 0) is 4.74 Å². The van der Waals surface area contributed by atoms with E-state index in [9.17, 15) is 0 Å². The highest BCUT2D eigenvalue weighted by atomic mass is 16.5. The van der Waals surface area contributed by atoms with Crippen LogP contribution in [0.3, 0.4) is 0 Å². The molecule has 96 valence electrons. The van der Waals surface area contributed by atoms with Crippen LogP contribution in [0.1, 0.15) is 44.9 Å². The monoisotopic (exact) mass is 236 g/mol. The molecule has 1 N–H and O–H groups in total. The van der Waals surface area contributed by atoms with Crippen LogP contribution < -0.4 is 5.32 Å². The highest BCUT2D eigenvalue weighted by Gasteiger charge is 2.42. The quantitative estimate of drug-likeness (QED) is 0.787. The zero-order valence-electron chi connectivity index (χ0n) is 10.6. The summed E-state index contributed by atoms with van der Waals surface area (Å²) in [4.78, 5) is 2.70. The van der Waals surface area contributed by atoms with Crippen molar-refractivity contribution in [2.24, 2.45) is 0 Å². The van der Waals surface area contributed by atoms with Gasteiger partial charge in [0.1, 0.15) is 0 Å². The molecule has 17 heavy (non-hydrogen) atoms. The van der Waals surface area contributed by atoms with E-state index in [1.807, 2.05) is 0 Å². The molecule has 4 saturated heterocycles. The largest absolute Gasteiger partial charge is 0.373 e. The van der Waals surface area contributed by atoms with Crippen LogP contribution in [0.15, 0.2) is 0 Å². The molecular formula is C14H24N2O. The summed E-state index contributed by atoms with van der Waals surface area (Å²) in [6.45, 7) is 2.68. The second-order valence-electron chi connectivity index (χ2n) is 6.44. The first-order valence-corrected chi connectivity index (χ1v) is 7.54. The molecule has 4 rings (SSSR count). The minimum atomic E-state index is 0.543. The number of nitrogens with zero attached hydrogens (tertiary/aromatic N) is 1. The fourth-order valence-electron chi connectivity index (χ4n) is 4.49. The van der Waals surface area contributed by atoms with E-state index in [1.165, 1.54) is 58.0 Å². The first-order valence-electron chi connectivity index (χ1n) is 7.54. The summed E-state index contributed by atoms with van der Waals surface area (Å²) in [5.41, 5.74) is 0. The van der Waals surface area contributed by atoms with E-state index in [4.69, 9.17) is 4.74 Å². The number of piperidine rings is 1. The van der Waals surface area contributed by atoms with Crippen molar-refractivity contribution in [3.8, 4) is 0 Å². The van der Waals surface area contributed by atoms with Crippen LogP contribution >= 0.6 is 0 Å². The Kier molecular flexibility index (Phi) is 2.67. The molecule has 0 amide bonds. The average molecular weight is 236 g/mol. The highest BCUT2D eigenvalue weighted by Crippen LogP contribution is 2.35. The Labute approximate surface area is 104 Å². The second-order valence-corrected chi connectivity index (χ2v) is 6.44. The van der Waals surface area contributed by atoms with Gasteiger partial charge in [-0.25, -0.2) is 0 Å². The van der Waals surface area contributed by atoms with E-state index in [0.29, 0.717) is 18.2 Å². The molecule has 5 atom stereocenters. The van der Waals surface area contributed by atoms with E-state index in [0.717, 1.165) is 12.1 Å². The number of rotatable bonds is 2. The van der Waals surface area contributed by atoms with Gasteiger partial charge in [-0.15, -0.1) is 0 Å². The summed E-state index contributed by atoms with van der Waals surface area (Å²) in [6.07, 6.45) is 10.6. The zero-order chi connectivity index (χ0) is 11.2. The molecule has 0 aliphatic carbocycles. The predicted octanol–water partition coefficient (Wildman–Crippen LogP) is 1.52. The first-order chi connectivity index (χ1) is 8.38. The summed E-state index contributed by atoms with van der Waals surface area (Å²) in [6, 6.07) is 2.33. The maximum atomic E-state index is 5.94. The van der Waals surface area contributed by atoms with Crippen LogP contribution in [0.5, 0.6) is 0 Å². The van der Waals surface area contributed by atoms with Gasteiger partial charge in [0.05, 0.1) is 12.2 Å². The summed E-state index contributed by atoms with van der Waals surface area (Å²) in [5, 5.41) is 3.91. The lowest BCUT2D eigenvalue weighted by molar-refractivity contribution is 0.0916. The Bertz CT molecular complexity index is 296. The van der Waals surface area contributed by atoms with Crippen LogP contribution in [0.4, 0.5) is 0 Å². The highest BCUT2D eigenvalue weighted by molar-refractivity contribution is 4.97. The molecule has 4 fully saturated rings. The van der Waals surface area contributed by atoms with Gasteiger partial charge in [0.15, 0.2) is 0 Å². The molecule has 0 aromatic carbocycles. The van der Waals surface area contributed by atoms with Gasteiger partial charge < -0.3 is 15.0 Å². The maximum Gasteiger partial charge on any atom is 0.0733 e. The summed E-state index contributed by atoms with van der Waals surface area (Å²) < 4.78 is 5.94. The molecule has 2 bridgehead atoms. The molecule has 0 aromatic rings. The van der Waals surface area contributed by atoms with Gasteiger partial charge in [0.2, 0.25) is 0 Å². The molecule has 4 aliphatic rings. The summed E-state index contributed by atoms with van der Waals surface area (Å²) in [5.74, 6) is 0. The third-order valence-electron chi connectivity index (χ3n) is 5.38. The van der Waals surface area contributed by atoms with E-state index < -0.39 is 0 Å².